The number of hydrogen-bond acceptors (Lipinski definition) is 1. The summed E-state index contributed by atoms with van der Waals surface area (Å²) >= 11 is 0. The second kappa shape index (κ2) is 20.6. The van der Waals surface area contributed by atoms with E-state index in [1.54, 1.807) is 4.43 Å². The SMILES string of the molecule is CCO[Si](C(F)(F)C(F)(F)C(F)(F)C(F)(F)C(F)(F)C(F)(F)C(F)(F)C(F)(F)C(C)F)(C(F)(F)C(F)(F)C(F)(F)C(F)(F)C(F)(F)C(F)(F)C(F)(F)C(F)(F)C(C)F)C(F)(F)C(F)(F)C(F)(F)C(F)(F)C(F)(F)C(F)(F)C(F)(F)C(F)(F)C(C)F. The second-order valence-corrected chi connectivity index (χ2v) is 20.4. The summed E-state index contributed by atoms with van der Waals surface area (Å²) in [5.74, 6) is -213. The fourth-order valence-corrected chi connectivity index (χ4v) is 10.0. The molecular weight excluding hydrogens is 1400 g/mol. The van der Waals surface area contributed by atoms with Crippen LogP contribution in [0, 0.1) is 0 Å². The zero-order valence-electron chi connectivity index (χ0n) is 38.6. The van der Waals surface area contributed by atoms with Crippen LogP contribution in [0.4, 0.5) is 224 Å². The highest BCUT2D eigenvalue weighted by Gasteiger charge is 3.09. The van der Waals surface area contributed by atoms with Crippen molar-refractivity contribution in [2.75, 3.05) is 6.61 Å². The lowest BCUT2D eigenvalue weighted by molar-refractivity contribution is -0.460. The first-order valence-electron chi connectivity index (χ1n) is 19.5. The Morgan fingerprint density at radius 3 is 0.424 bits per heavy atom. The molecule has 0 aliphatic heterocycles. The van der Waals surface area contributed by atoms with Gasteiger partial charge in [0.25, 0.3) is 0 Å². The molecule has 512 valence electrons. The van der Waals surface area contributed by atoms with Crippen LogP contribution in [0.5, 0.6) is 0 Å². The van der Waals surface area contributed by atoms with E-state index < -0.39 is 202 Å². The Kier molecular flexibility index (Phi) is 19.7. The molecule has 3 unspecified atom stereocenters. The Morgan fingerprint density at radius 1 is 0.212 bits per heavy atom. The molecule has 0 aliphatic rings. The molecule has 0 spiro atoms. The van der Waals surface area contributed by atoms with Gasteiger partial charge in [-0.3, -0.25) is 0 Å². The summed E-state index contributed by atoms with van der Waals surface area (Å²) in [6.45, 7) is -10.2. The maximum absolute atomic E-state index is 16.1. The van der Waals surface area contributed by atoms with E-state index in [1.807, 2.05) is 0 Å². The van der Waals surface area contributed by atoms with Crippen LogP contribution in [-0.4, -0.2) is 174 Å². The molecule has 0 rings (SSSR count). The number of alkyl halides is 51. The van der Waals surface area contributed by atoms with Crippen molar-refractivity contribution in [1.29, 1.82) is 0 Å². The van der Waals surface area contributed by atoms with Gasteiger partial charge in [0.05, 0.1) is 0 Å². The van der Waals surface area contributed by atoms with Crippen LogP contribution < -0.4 is 0 Å². The van der Waals surface area contributed by atoms with Gasteiger partial charge in [-0.05, 0) is 27.7 Å². The van der Waals surface area contributed by atoms with Crippen LogP contribution in [0.2, 0.25) is 0 Å². The minimum absolute atomic E-state index is 1.35. The van der Waals surface area contributed by atoms with Gasteiger partial charge in [0.1, 0.15) is 0 Å². The van der Waals surface area contributed by atoms with E-state index in [4.69, 9.17) is 0 Å². The third-order valence-corrected chi connectivity index (χ3v) is 15.9. The van der Waals surface area contributed by atoms with Crippen molar-refractivity contribution >= 4 is 8.32 Å². The molecule has 0 fully saturated rings. The van der Waals surface area contributed by atoms with E-state index in [0.29, 0.717) is 0 Å². The molecule has 0 aliphatic carbocycles. The zero-order valence-corrected chi connectivity index (χ0v) is 39.6. The first-order valence-corrected chi connectivity index (χ1v) is 21.4. The highest BCUT2D eigenvalue weighted by atomic mass is 28.4. The smallest absolute Gasteiger partial charge is 0.402 e. The fourth-order valence-electron chi connectivity index (χ4n) is 6.08. The molecule has 0 heterocycles. The van der Waals surface area contributed by atoms with Gasteiger partial charge in [0.2, 0.25) is 0 Å². The summed E-state index contributed by atoms with van der Waals surface area (Å²) in [5.41, 5.74) is -35.1. The van der Waals surface area contributed by atoms with Crippen LogP contribution in [0.3, 0.4) is 0 Å². The molecule has 85 heavy (non-hydrogen) atoms. The van der Waals surface area contributed by atoms with Gasteiger partial charge in [-0.15, -0.1) is 0 Å². The lowest BCUT2D eigenvalue weighted by Crippen LogP contribution is -2.92. The van der Waals surface area contributed by atoms with Gasteiger partial charge in [0, 0.05) is 6.61 Å². The summed E-state index contributed by atoms with van der Waals surface area (Å²) in [7, 11) is -14.5. The number of hydrogen-bond donors (Lipinski definition) is 0. The molecular formula is C32H17F51OSi. The van der Waals surface area contributed by atoms with Gasteiger partial charge in [-0.2, -0.15) is 184 Å². The van der Waals surface area contributed by atoms with Crippen LogP contribution in [0.1, 0.15) is 27.7 Å². The van der Waals surface area contributed by atoms with Crippen LogP contribution in [0.25, 0.3) is 0 Å². The monoisotopic (exact) mass is 1410 g/mol. The Morgan fingerprint density at radius 2 is 0.318 bits per heavy atom. The standard InChI is InChI=1S/C32H17F51OSi/c1-5-84-85(30(78,79)27(72,73)24(66,67)21(60,61)18(54,55)15(48,49)12(42,43)9(36,37)6(2)33,31(80,81)28(74,75)25(68,69)22(62,63)19(56,57)16(50,51)13(44,45)10(38,39)7(3)34)32(82,83)29(76,77)26(70,71)23(64,65)20(58,59)17(52,53)14(46,47)11(40,41)8(4)35/h6-8H,5H2,1-4H3. The van der Waals surface area contributed by atoms with E-state index in [0.717, 1.165) is 0 Å². The summed E-state index contributed by atoms with van der Waals surface area (Å²) in [6.07, 6.45) is -16.3. The van der Waals surface area contributed by atoms with Gasteiger partial charge >= 0.3 is 149 Å². The predicted molar refractivity (Wildman–Crippen MR) is 168 cm³/mol. The van der Waals surface area contributed by atoms with Crippen molar-refractivity contribution in [2.45, 2.75) is 187 Å². The summed E-state index contributed by atoms with van der Waals surface area (Å²) < 4.78 is 745. The highest BCUT2D eigenvalue weighted by molar-refractivity contribution is 6.81. The minimum atomic E-state index is -14.5. The van der Waals surface area contributed by atoms with Gasteiger partial charge < -0.3 is 4.43 Å². The molecule has 0 N–H and O–H groups in total. The van der Waals surface area contributed by atoms with Crippen LogP contribution >= 0.6 is 0 Å². The van der Waals surface area contributed by atoms with Crippen molar-refractivity contribution in [3.05, 3.63) is 0 Å². The van der Waals surface area contributed by atoms with Crippen molar-refractivity contribution in [2.24, 2.45) is 0 Å². The Balaban J connectivity index is 10.4. The van der Waals surface area contributed by atoms with E-state index >= 15 is 79.0 Å². The van der Waals surface area contributed by atoms with Gasteiger partial charge in [0.15, 0.2) is 18.5 Å². The third kappa shape index (κ3) is 9.05. The average molecular weight is 1410 g/mol. The minimum Gasteiger partial charge on any atom is -0.402 e. The predicted octanol–water partition coefficient (Wildman–Crippen LogP) is 17.9. The Bertz CT molecular complexity index is 2100. The average Bonchev–Trinajstić information content (AvgIpc) is 3.28. The van der Waals surface area contributed by atoms with E-state index in [9.17, 15) is 145 Å². The topological polar surface area (TPSA) is 9.23 Å². The maximum Gasteiger partial charge on any atom is 0.447 e. The first-order chi connectivity index (χ1) is 35.9. The van der Waals surface area contributed by atoms with Gasteiger partial charge in [-0.25, -0.2) is 39.5 Å². The van der Waals surface area contributed by atoms with Crippen molar-refractivity contribution in [1.82, 2.24) is 0 Å². The highest BCUT2D eigenvalue weighted by Crippen LogP contribution is 2.74. The normalized spacial score (nSPS) is 18.8. The summed E-state index contributed by atoms with van der Waals surface area (Å²) in [4.78, 5) is 0. The van der Waals surface area contributed by atoms with Crippen molar-refractivity contribution in [3.63, 3.8) is 0 Å². The third-order valence-electron chi connectivity index (χ3n) is 11.5. The maximum atomic E-state index is 16.1. The van der Waals surface area contributed by atoms with Crippen molar-refractivity contribution in [3.8, 4) is 0 Å². The van der Waals surface area contributed by atoms with E-state index in [1.165, 1.54) is 0 Å². The van der Waals surface area contributed by atoms with Gasteiger partial charge in [-0.1, -0.05) is 0 Å². The Labute approximate surface area is 431 Å². The lowest BCUT2D eigenvalue weighted by atomic mass is 9.88. The molecule has 0 aromatic carbocycles. The molecule has 0 saturated carbocycles. The molecule has 1 nitrogen and oxygen atoms in total. The molecule has 0 aromatic rings. The molecule has 53 heteroatoms. The van der Waals surface area contributed by atoms with Crippen LogP contribution in [-0.2, 0) is 4.43 Å². The second-order valence-electron chi connectivity index (χ2n) is 16.9. The summed E-state index contributed by atoms with van der Waals surface area (Å²) in [6, 6.07) is 0. The van der Waals surface area contributed by atoms with Crippen LogP contribution in [0.15, 0.2) is 0 Å². The molecule has 0 saturated heterocycles. The fraction of sp³-hybridized carbons (Fsp3) is 1.00. The van der Waals surface area contributed by atoms with Crippen molar-refractivity contribution < 1.29 is 228 Å². The largest absolute Gasteiger partial charge is 0.447 e. The number of rotatable bonds is 29. The zero-order chi connectivity index (χ0) is 70.6. The summed E-state index contributed by atoms with van der Waals surface area (Å²) in [5, 5.41) is 0. The first kappa shape index (κ1) is 81.6. The Hall–Kier alpha value is -3.39. The molecule has 0 amide bonds. The quantitative estimate of drug-likeness (QED) is 0.0536. The van der Waals surface area contributed by atoms with E-state index in [2.05, 4.69) is 0 Å². The number of halogens is 51. The lowest BCUT2D eigenvalue weighted by Gasteiger charge is -2.54. The molecule has 0 bridgehead atoms. The molecule has 0 aromatic heterocycles. The van der Waals surface area contributed by atoms with E-state index in [-0.39, 0.29) is 0 Å². The molecule has 0 radical (unpaired) electrons. The molecule has 3 atom stereocenters.